The average molecular weight is 562 g/mol. The Morgan fingerprint density at radius 3 is 2.65 bits per heavy atom. The second-order valence-corrected chi connectivity index (χ2v) is 9.83. The number of nitrogens with one attached hydrogen (secondary N) is 1. The van der Waals surface area contributed by atoms with Gasteiger partial charge in [-0.25, -0.2) is 10.8 Å². The fraction of sp³-hybridized carbons (Fsp3) is 0.250. The second kappa shape index (κ2) is 12.6. The van der Waals surface area contributed by atoms with Crippen molar-refractivity contribution in [3.05, 3.63) is 99.9 Å². The Morgan fingerprint density at radius 2 is 1.95 bits per heavy atom. The smallest absolute Gasteiger partial charge is 0.254 e. The first-order chi connectivity index (χ1) is 19.3. The van der Waals surface area contributed by atoms with Crippen LogP contribution in [-0.4, -0.2) is 33.2 Å². The van der Waals surface area contributed by atoms with Crippen LogP contribution in [0.15, 0.2) is 83.0 Å². The Labute approximate surface area is 237 Å². The summed E-state index contributed by atoms with van der Waals surface area (Å²) in [6, 6.07) is 9.75. The van der Waals surface area contributed by atoms with Crippen LogP contribution in [0.5, 0.6) is 0 Å². The Hall–Kier alpha value is -4.48. The van der Waals surface area contributed by atoms with Gasteiger partial charge in [-0.05, 0) is 43.2 Å². The van der Waals surface area contributed by atoms with E-state index in [1.807, 2.05) is 13.0 Å². The van der Waals surface area contributed by atoms with E-state index in [1.54, 1.807) is 42.1 Å². The van der Waals surface area contributed by atoms with Gasteiger partial charge in [0.15, 0.2) is 0 Å². The molecule has 1 amide bonds. The zero-order valence-corrected chi connectivity index (χ0v) is 23.0. The highest BCUT2D eigenvalue weighted by Gasteiger charge is 2.24. The van der Waals surface area contributed by atoms with Gasteiger partial charge in [-0.2, -0.15) is 0 Å². The van der Waals surface area contributed by atoms with Crippen LogP contribution in [0, 0.1) is 5.92 Å². The SMILES string of the molecule is CN=C1C(=CN)NC(=O)C(C)CCCC(n2cnc(-c3cc(Cl)ccc3N(N)/C=C\N)cc2=O)c2cc1ccn2. The van der Waals surface area contributed by atoms with E-state index in [0.29, 0.717) is 63.9 Å². The van der Waals surface area contributed by atoms with Crippen LogP contribution < -0.4 is 33.2 Å². The zero-order valence-electron chi connectivity index (χ0n) is 22.3. The number of nitrogens with zero attached hydrogens (tertiary/aromatic N) is 5. The molecule has 2 atom stereocenters. The van der Waals surface area contributed by atoms with Gasteiger partial charge in [0.25, 0.3) is 5.56 Å². The predicted octanol–water partition coefficient (Wildman–Crippen LogP) is 2.81. The highest BCUT2D eigenvalue weighted by atomic mass is 35.5. The van der Waals surface area contributed by atoms with Gasteiger partial charge in [-0.3, -0.25) is 29.1 Å². The summed E-state index contributed by atoms with van der Waals surface area (Å²) >= 11 is 6.26. The minimum absolute atomic E-state index is 0.150. The topological polar surface area (TPSA) is 171 Å². The molecule has 3 heterocycles. The molecule has 7 N–H and O–H groups in total. The number of carbonyl (C=O) groups excluding carboxylic acids is 1. The minimum Gasteiger partial charge on any atom is -0.403 e. The zero-order chi connectivity index (χ0) is 28.8. The first-order valence-electron chi connectivity index (χ1n) is 12.7. The van der Waals surface area contributed by atoms with E-state index in [0.717, 1.165) is 0 Å². The molecule has 2 aromatic heterocycles. The molecule has 12 heteroatoms. The quantitative estimate of drug-likeness (QED) is 0.278. The Balaban J connectivity index is 1.81. The standard InChI is InChI=1S/C28H32ClN9O2/c1-17-4-3-5-25(22-12-18(8-10-34-22)27(33-2)23(15-31)36-28(17)40)37-16-35-21(14-26(37)39)20-13-19(29)6-7-24(20)38(32)11-9-30/h6-17,25H,3-5,30-32H2,1-2H3,(H,36,40)/b11-9-,23-15?,33-27?. The molecule has 2 bridgehead atoms. The maximum atomic E-state index is 13.6. The average Bonchev–Trinajstić information content (AvgIpc) is 2.95. The van der Waals surface area contributed by atoms with Crippen molar-refractivity contribution < 1.29 is 4.79 Å². The van der Waals surface area contributed by atoms with Crippen molar-refractivity contribution in [2.75, 3.05) is 12.1 Å². The number of halogens is 1. The van der Waals surface area contributed by atoms with Crippen LogP contribution in [0.1, 0.15) is 43.5 Å². The summed E-state index contributed by atoms with van der Waals surface area (Å²) in [5.74, 6) is 5.69. The lowest BCUT2D eigenvalue weighted by molar-refractivity contribution is -0.123. The van der Waals surface area contributed by atoms with Gasteiger partial charge in [0.2, 0.25) is 5.91 Å². The normalized spacial score (nSPS) is 20.2. The maximum Gasteiger partial charge on any atom is 0.254 e. The first-order valence-corrected chi connectivity index (χ1v) is 13.1. The summed E-state index contributed by atoms with van der Waals surface area (Å²) in [6.45, 7) is 1.86. The van der Waals surface area contributed by atoms with Crippen molar-refractivity contribution in [1.82, 2.24) is 19.9 Å². The molecule has 0 aliphatic carbocycles. The lowest BCUT2D eigenvalue weighted by Gasteiger charge is -2.23. The van der Waals surface area contributed by atoms with Gasteiger partial charge in [0.1, 0.15) is 0 Å². The third kappa shape index (κ3) is 6.05. The molecule has 11 nitrogen and oxygen atoms in total. The van der Waals surface area contributed by atoms with E-state index >= 15 is 0 Å². The van der Waals surface area contributed by atoms with Crippen LogP contribution in [-0.2, 0) is 4.79 Å². The number of hydrogen-bond acceptors (Lipinski definition) is 9. The van der Waals surface area contributed by atoms with E-state index in [2.05, 4.69) is 20.3 Å². The number of carbonyl (C=O) groups is 1. The third-order valence-corrected chi connectivity index (χ3v) is 7.03. The fourth-order valence-electron chi connectivity index (χ4n) is 4.70. The number of nitrogens with two attached hydrogens (primary N) is 3. The van der Waals surface area contributed by atoms with Crippen molar-refractivity contribution >= 4 is 28.9 Å². The molecule has 1 aliphatic heterocycles. The summed E-state index contributed by atoms with van der Waals surface area (Å²) in [7, 11) is 1.63. The van der Waals surface area contributed by atoms with Crippen molar-refractivity contribution in [1.29, 1.82) is 0 Å². The number of hydrazine groups is 1. The van der Waals surface area contributed by atoms with Gasteiger partial charge in [-0.15, -0.1) is 0 Å². The van der Waals surface area contributed by atoms with Crippen molar-refractivity contribution in [2.24, 2.45) is 28.2 Å². The summed E-state index contributed by atoms with van der Waals surface area (Å²) in [6.07, 6.45) is 9.11. The van der Waals surface area contributed by atoms with Crippen LogP contribution in [0.25, 0.3) is 11.3 Å². The number of pyridine rings is 1. The summed E-state index contributed by atoms with van der Waals surface area (Å²) < 4.78 is 1.55. The van der Waals surface area contributed by atoms with Gasteiger partial charge < -0.3 is 16.8 Å². The van der Waals surface area contributed by atoms with Crippen LogP contribution >= 0.6 is 11.6 Å². The molecule has 0 fully saturated rings. The fourth-order valence-corrected chi connectivity index (χ4v) is 4.87. The number of hydrogen-bond donors (Lipinski definition) is 4. The number of amides is 1. The van der Waals surface area contributed by atoms with Gasteiger partial charge >= 0.3 is 0 Å². The molecule has 0 saturated heterocycles. The van der Waals surface area contributed by atoms with Crippen molar-refractivity contribution in [3.63, 3.8) is 0 Å². The van der Waals surface area contributed by atoms with Crippen LogP contribution in [0.3, 0.4) is 0 Å². The van der Waals surface area contributed by atoms with E-state index < -0.39 is 6.04 Å². The Morgan fingerprint density at radius 1 is 1.15 bits per heavy atom. The summed E-state index contributed by atoms with van der Waals surface area (Å²) in [5, 5.41) is 4.68. The van der Waals surface area contributed by atoms with Gasteiger partial charge in [-0.1, -0.05) is 24.9 Å². The van der Waals surface area contributed by atoms with E-state index in [-0.39, 0.29) is 17.4 Å². The molecule has 3 aromatic rings. The monoisotopic (exact) mass is 561 g/mol. The lowest BCUT2D eigenvalue weighted by atomic mass is 9.96. The number of aliphatic imine (C=N–C) groups is 1. The van der Waals surface area contributed by atoms with Gasteiger partial charge in [0, 0.05) is 60.0 Å². The predicted molar refractivity (Wildman–Crippen MR) is 157 cm³/mol. The van der Waals surface area contributed by atoms with Crippen molar-refractivity contribution in [2.45, 2.75) is 32.2 Å². The number of aromatic nitrogens is 3. The number of rotatable bonds is 4. The molecule has 40 heavy (non-hydrogen) atoms. The highest BCUT2D eigenvalue weighted by Crippen LogP contribution is 2.31. The number of benzene rings is 1. The molecule has 1 aromatic carbocycles. The molecule has 0 saturated carbocycles. The third-order valence-electron chi connectivity index (χ3n) is 6.79. The summed E-state index contributed by atoms with van der Waals surface area (Å²) in [4.78, 5) is 40.0. The molecule has 0 radical (unpaired) electrons. The minimum atomic E-state index is -0.433. The second-order valence-electron chi connectivity index (χ2n) is 9.39. The van der Waals surface area contributed by atoms with Crippen LogP contribution in [0.2, 0.25) is 5.02 Å². The number of allylic oxidation sites excluding steroid dienone is 1. The van der Waals surface area contributed by atoms with E-state index in [4.69, 9.17) is 28.9 Å². The van der Waals surface area contributed by atoms with E-state index in [9.17, 15) is 9.59 Å². The maximum absolute atomic E-state index is 13.6. The lowest BCUT2D eigenvalue weighted by Crippen LogP contribution is -2.33. The molecule has 0 spiro atoms. The molecule has 1 aliphatic rings. The summed E-state index contributed by atoms with van der Waals surface area (Å²) in [5.41, 5.74) is 14.9. The molecular formula is C28H32ClN9O2. The van der Waals surface area contributed by atoms with Gasteiger partial charge in [0.05, 0.1) is 40.9 Å². The molecule has 4 rings (SSSR count). The largest absolute Gasteiger partial charge is 0.403 e. The number of fused-ring (bicyclic) bond motifs is 2. The van der Waals surface area contributed by atoms with Crippen LogP contribution in [0.4, 0.5) is 5.69 Å². The first kappa shape index (κ1) is 28.5. The highest BCUT2D eigenvalue weighted by molar-refractivity contribution is 6.31. The molecule has 208 valence electrons. The number of anilines is 1. The van der Waals surface area contributed by atoms with E-state index in [1.165, 1.54) is 36.0 Å². The molecule has 2 unspecified atom stereocenters. The molecular weight excluding hydrogens is 530 g/mol. The Kier molecular flexibility index (Phi) is 8.97. The van der Waals surface area contributed by atoms with Crippen molar-refractivity contribution in [3.8, 4) is 11.3 Å². The Bertz CT molecular complexity index is 1550.